The summed E-state index contributed by atoms with van der Waals surface area (Å²) in [6, 6.07) is 0. The summed E-state index contributed by atoms with van der Waals surface area (Å²) in [5, 5.41) is 0. The van der Waals surface area contributed by atoms with E-state index < -0.39 is 0 Å². The third-order valence-corrected chi connectivity index (χ3v) is 4.00. The highest BCUT2D eigenvalue weighted by Crippen LogP contribution is 2.26. The van der Waals surface area contributed by atoms with Crippen LogP contribution in [-0.2, 0) is 4.74 Å². The van der Waals surface area contributed by atoms with E-state index in [0.717, 1.165) is 19.4 Å². The molecular weight excluding hydrogens is 186 g/mol. The molecule has 2 unspecified atom stereocenters. The molecule has 0 amide bonds. The van der Waals surface area contributed by atoms with Gasteiger partial charge in [0.1, 0.15) is 0 Å². The average Bonchev–Trinajstić information content (AvgIpc) is 2.70. The third-order valence-electron chi connectivity index (χ3n) is 4.00. The third kappa shape index (κ3) is 3.76. The highest BCUT2D eigenvalue weighted by Gasteiger charge is 2.26. The van der Waals surface area contributed by atoms with Gasteiger partial charge < -0.3 is 10.5 Å². The quantitative estimate of drug-likeness (QED) is 0.736. The van der Waals surface area contributed by atoms with Crippen molar-refractivity contribution in [1.82, 2.24) is 0 Å². The van der Waals surface area contributed by atoms with Gasteiger partial charge in [-0.1, -0.05) is 20.8 Å². The van der Waals surface area contributed by atoms with Crippen molar-refractivity contribution in [3.05, 3.63) is 0 Å². The molecule has 0 aromatic carbocycles. The van der Waals surface area contributed by atoms with Gasteiger partial charge in [-0.05, 0) is 44.4 Å². The van der Waals surface area contributed by atoms with Crippen LogP contribution in [0.3, 0.4) is 0 Å². The number of ether oxygens (including phenoxy) is 1. The van der Waals surface area contributed by atoms with E-state index in [-0.39, 0.29) is 5.54 Å². The zero-order chi connectivity index (χ0) is 11.3. The predicted octanol–water partition coefficient (Wildman–Crippen LogP) is 3.10. The molecule has 2 atom stereocenters. The van der Waals surface area contributed by atoms with Crippen molar-refractivity contribution in [2.45, 2.75) is 70.9 Å². The van der Waals surface area contributed by atoms with E-state index in [0.29, 0.717) is 12.0 Å². The van der Waals surface area contributed by atoms with E-state index in [1.807, 2.05) is 0 Å². The highest BCUT2D eigenvalue weighted by atomic mass is 16.5. The van der Waals surface area contributed by atoms with Gasteiger partial charge in [-0.2, -0.15) is 0 Å². The summed E-state index contributed by atoms with van der Waals surface area (Å²) >= 11 is 0. The molecule has 0 aromatic heterocycles. The summed E-state index contributed by atoms with van der Waals surface area (Å²) in [6.07, 6.45) is 7.66. The van der Waals surface area contributed by atoms with Gasteiger partial charge in [0.05, 0.1) is 6.10 Å². The second kappa shape index (κ2) is 5.86. The molecule has 0 bridgehead atoms. The fourth-order valence-electron chi connectivity index (χ4n) is 2.40. The molecule has 1 aliphatic rings. The molecule has 2 N–H and O–H groups in total. The van der Waals surface area contributed by atoms with Gasteiger partial charge in [-0.15, -0.1) is 0 Å². The first-order valence-electron chi connectivity index (χ1n) is 6.49. The summed E-state index contributed by atoms with van der Waals surface area (Å²) in [5.41, 5.74) is 6.42. The molecule has 2 nitrogen and oxygen atoms in total. The average molecular weight is 213 g/mol. The van der Waals surface area contributed by atoms with Crippen molar-refractivity contribution in [2.75, 3.05) is 6.61 Å². The Hall–Kier alpha value is -0.0800. The van der Waals surface area contributed by atoms with Gasteiger partial charge in [-0.25, -0.2) is 0 Å². The Labute approximate surface area is 94.6 Å². The lowest BCUT2D eigenvalue weighted by molar-refractivity contribution is 0.0985. The molecule has 2 heteroatoms. The van der Waals surface area contributed by atoms with E-state index in [2.05, 4.69) is 20.8 Å². The molecule has 0 radical (unpaired) electrons. The van der Waals surface area contributed by atoms with Gasteiger partial charge >= 0.3 is 0 Å². The summed E-state index contributed by atoms with van der Waals surface area (Å²) in [6.45, 7) is 7.63. The molecular formula is C13H27NO. The van der Waals surface area contributed by atoms with Crippen molar-refractivity contribution in [3.8, 4) is 0 Å². The van der Waals surface area contributed by atoms with E-state index >= 15 is 0 Å². The van der Waals surface area contributed by atoms with Gasteiger partial charge in [0, 0.05) is 12.1 Å². The second-order valence-electron chi connectivity index (χ2n) is 5.27. The van der Waals surface area contributed by atoms with E-state index in [1.165, 1.54) is 25.7 Å². The largest absolute Gasteiger partial charge is 0.378 e. The molecule has 0 spiro atoms. The van der Waals surface area contributed by atoms with Gasteiger partial charge in [0.25, 0.3) is 0 Å². The van der Waals surface area contributed by atoms with Crippen molar-refractivity contribution in [2.24, 2.45) is 11.7 Å². The minimum Gasteiger partial charge on any atom is -0.378 e. The molecule has 1 saturated heterocycles. The van der Waals surface area contributed by atoms with Gasteiger partial charge in [0.2, 0.25) is 0 Å². The SMILES string of the molecule is CCC(N)(CCCC1CCCO1)C(C)C. The Balaban J connectivity index is 2.22. The minimum atomic E-state index is 0.0403. The van der Waals surface area contributed by atoms with Crippen LogP contribution in [0.1, 0.15) is 59.3 Å². The molecule has 90 valence electrons. The number of hydrogen-bond acceptors (Lipinski definition) is 2. The topological polar surface area (TPSA) is 35.2 Å². The van der Waals surface area contributed by atoms with Gasteiger partial charge in [-0.3, -0.25) is 0 Å². The standard InChI is InChI=1S/C13H27NO/c1-4-13(14,11(2)3)9-5-7-12-8-6-10-15-12/h11-12H,4-10,14H2,1-3H3. The van der Waals surface area contributed by atoms with Crippen LogP contribution in [0.25, 0.3) is 0 Å². The van der Waals surface area contributed by atoms with Crippen LogP contribution in [0.5, 0.6) is 0 Å². The first-order valence-corrected chi connectivity index (χ1v) is 6.49. The van der Waals surface area contributed by atoms with Crippen LogP contribution >= 0.6 is 0 Å². The maximum absolute atomic E-state index is 6.38. The Morgan fingerprint density at radius 1 is 1.47 bits per heavy atom. The second-order valence-corrected chi connectivity index (χ2v) is 5.27. The maximum Gasteiger partial charge on any atom is 0.0576 e. The molecule has 1 rings (SSSR count). The monoisotopic (exact) mass is 213 g/mol. The normalized spacial score (nSPS) is 25.8. The van der Waals surface area contributed by atoms with Crippen LogP contribution in [0.4, 0.5) is 0 Å². The number of rotatable bonds is 6. The Morgan fingerprint density at radius 3 is 2.67 bits per heavy atom. The molecule has 1 fully saturated rings. The fourth-order valence-corrected chi connectivity index (χ4v) is 2.40. The molecule has 1 aliphatic heterocycles. The predicted molar refractivity (Wildman–Crippen MR) is 64.9 cm³/mol. The fraction of sp³-hybridized carbons (Fsp3) is 1.00. The zero-order valence-corrected chi connectivity index (χ0v) is 10.6. The van der Waals surface area contributed by atoms with E-state index in [9.17, 15) is 0 Å². The van der Waals surface area contributed by atoms with Crippen LogP contribution < -0.4 is 5.73 Å². The summed E-state index contributed by atoms with van der Waals surface area (Å²) in [7, 11) is 0. The van der Waals surface area contributed by atoms with Crippen LogP contribution in [0.2, 0.25) is 0 Å². The van der Waals surface area contributed by atoms with Crippen LogP contribution in [-0.4, -0.2) is 18.2 Å². The van der Waals surface area contributed by atoms with Crippen LogP contribution in [0.15, 0.2) is 0 Å². The smallest absolute Gasteiger partial charge is 0.0576 e. The van der Waals surface area contributed by atoms with Crippen molar-refractivity contribution < 1.29 is 4.74 Å². The van der Waals surface area contributed by atoms with E-state index in [4.69, 9.17) is 10.5 Å². The maximum atomic E-state index is 6.38. The molecule has 0 aliphatic carbocycles. The first-order chi connectivity index (χ1) is 7.08. The van der Waals surface area contributed by atoms with Crippen LogP contribution in [0, 0.1) is 5.92 Å². The van der Waals surface area contributed by atoms with Crippen molar-refractivity contribution >= 4 is 0 Å². The van der Waals surface area contributed by atoms with Gasteiger partial charge in [0.15, 0.2) is 0 Å². The summed E-state index contributed by atoms with van der Waals surface area (Å²) in [5.74, 6) is 0.576. The van der Waals surface area contributed by atoms with Crippen molar-refractivity contribution in [1.29, 1.82) is 0 Å². The number of hydrogen-bond donors (Lipinski definition) is 1. The Morgan fingerprint density at radius 2 is 2.20 bits per heavy atom. The number of nitrogens with two attached hydrogens (primary N) is 1. The minimum absolute atomic E-state index is 0.0403. The molecule has 15 heavy (non-hydrogen) atoms. The lowest BCUT2D eigenvalue weighted by atomic mass is 9.80. The Bertz CT molecular complexity index is 175. The summed E-state index contributed by atoms with van der Waals surface area (Å²) < 4.78 is 5.62. The Kier molecular flexibility index (Phi) is 5.07. The lowest BCUT2D eigenvalue weighted by Crippen LogP contribution is -2.44. The van der Waals surface area contributed by atoms with E-state index in [1.54, 1.807) is 0 Å². The highest BCUT2D eigenvalue weighted by molar-refractivity contribution is 4.86. The summed E-state index contributed by atoms with van der Waals surface area (Å²) in [4.78, 5) is 0. The molecule has 0 saturated carbocycles. The van der Waals surface area contributed by atoms with Crippen molar-refractivity contribution in [3.63, 3.8) is 0 Å². The zero-order valence-electron chi connectivity index (χ0n) is 10.6. The molecule has 0 aromatic rings. The molecule has 1 heterocycles. The lowest BCUT2D eigenvalue weighted by Gasteiger charge is -2.33. The first kappa shape index (κ1) is 13.0.